The van der Waals surface area contributed by atoms with E-state index in [-0.39, 0.29) is 0 Å². The van der Waals surface area contributed by atoms with Crippen LogP contribution in [0.2, 0.25) is 0 Å². The second kappa shape index (κ2) is 4.40. The molecule has 0 unspecified atom stereocenters. The summed E-state index contributed by atoms with van der Waals surface area (Å²) in [4.78, 5) is 4.12. The van der Waals surface area contributed by atoms with E-state index in [9.17, 15) is 0 Å². The molecule has 0 atom stereocenters. The van der Waals surface area contributed by atoms with Crippen molar-refractivity contribution in [3.8, 4) is 0 Å². The molecule has 1 aliphatic rings. The minimum absolute atomic E-state index is 0.717. The van der Waals surface area contributed by atoms with E-state index < -0.39 is 0 Å². The van der Waals surface area contributed by atoms with Crippen molar-refractivity contribution in [1.29, 1.82) is 0 Å². The number of nitrogens with zero attached hydrogens (tertiary/aromatic N) is 2. The number of anilines is 2. The van der Waals surface area contributed by atoms with Crippen LogP contribution in [-0.4, -0.2) is 24.4 Å². The molecule has 0 aliphatic carbocycles. The summed E-state index contributed by atoms with van der Waals surface area (Å²) >= 11 is 6.92. The molecule has 6 heteroatoms. The van der Waals surface area contributed by atoms with Crippen LogP contribution in [0.5, 0.6) is 0 Å². The number of aliphatic imine (C=N–C) groups is 1. The molecule has 1 aromatic carbocycles. The van der Waals surface area contributed by atoms with Gasteiger partial charge in [0.05, 0.1) is 18.8 Å². The lowest BCUT2D eigenvalue weighted by atomic mass is 10.3. The van der Waals surface area contributed by atoms with Crippen molar-refractivity contribution >= 4 is 49.6 Å². The summed E-state index contributed by atoms with van der Waals surface area (Å²) < 4.78 is 1.85. The van der Waals surface area contributed by atoms with Gasteiger partial charge >= 0.3 is 0 Å². The summed E-state index contributed by atoms with van der Waals surface area (Å²) in [6.07, 6.45) is 1.79. The van der Waals surface area contributed by atoms with Crippen molar-refractivity contribution in [3.63, 3.8) is 0 Å². The number of nitrogens with one attached hydrogen (secondary N) is 1. The first kappa shape index (κ1) is 10.8. The van der Waals surface area contributed by atoms with E-state index in [1.54, 1.807) is 6.34 Å². The maximum Gasteiger partial charge on any atom is 0.104 e. The average molecular weight is 334 g/mol. The molecule has 3 N–H and O–H groups in total. The van der Waals surface area contributed by atoms with Gasteiger partial charge in [-0.1, -0.05) is 0 Å². The van der Waals surface area contributed by atoms with E-state index in [1.165, 1.54) is 0 Å². The number of hydrazine groups is 1. The lowest BCUT2D eigenvalue weighted by Crippen LogP contribution is -2.26. The molecule has 0 spiro atoms. The molecular formula is C9H10Br2N4. The normalized spacial score (nSPS) is 14.7. The van der Waals surface area contributed by atoms with Crippen molar-refractivity contribution in [2.24, 2.45) is 4.99 Å². The van der Waals surface area contributed by atoms with Crippen LogP contribution in [0.4, 0.5) is 11.4 Å². The van der Waals surface area contributed by atoms with Gasteiger partial charge in [-0.15, -0.1) is 0 Å². The SMILES string of the molecule is Nc1cc(Br)c(NN2C=NCC2)c(Br)c1. The first-order valence-corrected chi connectivity index (χ1v) is 6.03. The largest absolute Gasteiger partial charge is 0.399 e. The third-order valence-corrected chi connectivity index (χ3v) is 3.26. The fourth-order valence-electron chi connectivity index (χ4n) is 1.31. The lowest BCUT2D eigenvalue weighted by Gasteiger charge is -2.19. The number of nitrogens with two attached hydrogens (primary N) is 1. The van der Waals surface area contributed by atoms with E-state index in [4.69, 9.17) is 5.73 Å². The van der Waals surface area contributed by atoms with E-state index >= 15 is 0 Å². The summed E-state index contributed by atoms with van der Waals surface area (Å²) in [5.41, 5.74) is 10.6. The highest BCUT2D eigenvalue weighted by Gasteiger charge is 2.10. The topological polar surface area (TPSA) is 53.6 Å². The van der Waals surface area contributed by atoms with Crippen molar-refractivity contribution in [1.82, 2.24) is 5.01 Å². The Labute approximate surface area is 105 Å². The Morgan fingerprint density at radius 2 is 2.00 bits per heavy atom. The van der Waals surface area contributed by atoms with Gasteiger partial charge in [0.2, 0.25) is 0 Å². The van der Waals surface area contributed by atoms with E-state index in [1.807, 2.05) is 17.1 Å². The zero-order valence-corrected chi connectivity index (χ0v) is 11.0. The number of hydrogen-bond acceptors (Lipinski definition) is 4. The molecular weight excluding hydrogens is 324 g/mol. The molecule has 15 heavy (non-hydrogen) atoms. The highest BCUT2D eigenvalue weighted by atomic mass is 79.9. The molecule has 1 aliphatic heterocycles. The van der Waals surface area contributed by atoms with Crippen LogP contribution < -0.4 is 11.2 Å². The Balaban J connectivity index is 2.23. The average Bonchev–Trinajstić information content (AvgIpc) is 2.63. The molecule has 0 amide bonds. The third kappa shape index (κ3) is 2.43. The highest BCUT2D eigenvalue weighted by molar-refractivity contribution is 9.11. The van der Waals surface area contributed by atoms with Crippen molar-refractivity contribution < 1.29 is 0 Å². The first-order valence-electron chi connectivity index (χ1n) is 4.44. The summed E-state index contributed by atoms with van der Waals surface area (Å²) in [6, 6.07) is 3.72. The Morgan fingerprint density at radius 3 is 2.53 bits per heavy atom. The number of halogens is 2. The van der Waals surface area contributed by atoms with Crippen molar-refractivity contribution in [2.75, 3.05) is 24.2 Å². The molecule has 0 bridgehead atoms. The number of nitrogen functional groups attached to an aromatic ring is 1. The molecule has 1 aromatic rings. The quantitative estimate of drug-likeness (QED) is 0.817. The molecule has 0 aromatic heterocycles. The molecule has 0 radical (unpaired) electrons. The highest BCUT2D eigenvalue weighted by Crippen LogP contribution is 2.33. The molecule has 0 saturated carbocycles. The van der Waals surface area contributed by atoms with Gasteiger partial charge in [0.1, 0.15) is 6.34 Å². The van der Waals surface area contributed by atoms with Crippen LogP contribution in [0.3, 0.4) is 0 Å². The summed E-state index contributed by atoms with van der Waals surface area (Å²) in [5.74, 6) is 0. The predicted octanol–water partition coefficient (Wildman–Crippen LogP) is 2.46. The third-order valence-electron chi connectivity index (χ3n) is 2.01. The Bertz CT molecular complexity index is 382. The van der Waals surface area contributed by atoms with E-state index in [2.05, 4.69) is 42.3 Å². The zero-order chi connectivity index (χ0) is 10.8. The Kier molecular flexibility index (Phi) is 3.16. The van der Waals surface area contributed by atoms with Crippen LogP contribution in [0.25, 0.3) is 0 Å². The minimum Gasteiger partial charge on any atom is -0.399 e. The lowest BCUT2D eigenvalue weighted by molar-refractivity contribution is 0.556. The Morgan fingerprint density at radius 1 is 1.33 bits per heavy atom. The zero-order valence-electron chi connectivity index (χ0n) is 7.87. The molecule has 0 saturated heterocycles. The fourth-order valence-corrected chi connectivity index (χ4v) is 2.71. The standard InChI is InChI=1S/C9H10Br2N4/c10-7-3-6(12)4-8(11)9(7)14-15-2-1-13-5-15/h3-5,14H,1-2,12H2. The maximum absolute atomic E-state index is 5.71. The van der Waals surface area contributed by atoms with Gasteiger partial charge in [-0.25, -0.2) is 0 Å². The van der Waals surface area contributed by atoms with Gasteiger partial charge in [0.15, 0.2) is 0 Å². The monoisotopic (exact) mass is 332 g/mol. The van der Waals surface area contributed by atoms with Crippen LogP contribution in [0, 0.1) is 0 Å². The van der Waals surface area contributed by atoms with Gasteiger partial charge < -0.3 is 5.73 Å². The van der Waals surface area contributed by atoms with Crippen LogP contribution in [0.15, 0.2) is 26.1 Å². The van der Waals surface area contributed by atoms with E-state index in [0.717, 1.165) is 33.4 Å². The first-order chi connectivity index (χ1) is 7.16. The van der Waals surface area contributed by atoms with E-state index in [0.29, 0.717) is 0 Å². The van der Waals surface area contributed by atoms with Crippen LogP contribution in [0.1, 0.15) is 0 Å². The van der Waals surface area contributed by atoms with Crippen LogP contribution >= 0.6 is 31.9 Å². The summed E-state index contributed by atoms with van der Waals surface area (Å²) in [6.45, 7) is 1.71. The van der Waals surface area contributed by atoms with Gasteiger partial charge in [0.25, 0.3) is 0 Å². The number of rotatable bonds is 2. The molecule has 80 valence electrons. The fraction of sp³-hybridized carbons (Fsp3) is 0.222. The predicted molar refractivity (Wildman–Crippen MR) is 69.9 cm³/mol. The summed E-state index contributed by atoms with van der Waals surface area (Å²) in [5, 5.41) is 1.93. The summed E-state index contributed by atoms with van der Waals surface area (Å²) in [7, 11) is 0. The Hall–Kier alpha value is -0.750. The second-order valence-corrected chi connectivity index (χ2v) is 4.90. The van der Waals surface area contributed by atoms with Crippen LogP contribution in [-0.2, 0) is 0 Å². The maximum atomic E-state index is 5.71. The van der Waals surface area contributed by atoms with Gasteiger partial charge in [-0.05, 0) is 44.0 Å². The molecule has 0 fully saturated rings. The van der Waals surface area contributed by atoms with Gasteiger partial charge in [-0.3, -0.25) is 15.4 Å². The number of benzene rings is 1. The van der Waals surface area contributed by atoms with Gasteiger partial charge in [-0.2, -0.15) is 0 Å². The van der Waals surface area contributed by atoms with Gasteiger partial charge in [0, 0.05) is 14.6 Å². The molecule has 1 heterocycles. The second-order valence-electron chi connectivity index (χ2n) is 3.19. The molecule has 4 nitrogen and oxygen atoms in total. The van der Waals surface area contributed by atoms with Crippen molar-refractivity contribution in [3.05, 3.63) is 21.1 Å². The smallest absolute Gasteiger partial charge is 0.104 e. The molecule has 2 rings (SSSR count). The number of hydrogen-bond donors (Lipinski definition) is 2. The van der Waals surface area contributed by atoms with Crippen molar-refractivity contribution in [2.45, 2.75) is 0 Å². The minimum atomic E-state index is 0.717.